The Balaban J connectivity index is 1.87. The molecule has 2 N–H and O–H groups in total. The average Bonchev–Trinajstić information content (AvgIpc) is 2.73. The Morgan fingerprint density at radius 2 is 1.86 bits per heavy atom. The van der Waals surface area contributed by atoms with Crippen LogP contribution in [0.25, 0.3) is 0 Å². The lowest BCUT2D eigenvalue weighted by Gasteiger charge is -2.21. The van der Waals surface area contributed by atoms with E-state index in [4.69, 9.17) is 21.7 Å². The van der Waals surface area contributed by atoms with E-state index >= 15 is 0 Å². The Morgan fingerprint density at radius 3 is 2.52 bits per heavy atom. The Labute approximate surface area is 178 Å². The number of methoxy groups -OCH3 is 2. The van der Waals surface area contributed by atoms with Gasteiger partial charge in [0.05, 0.1) is 24.4 Å². The minimum Gasteiger partial charge on any atom is -0.497 e. The number of aromatic nitrogens is 1. The van der Waals surface area contributed by atoms with Crippen molar-refractivity contribution in [3.8, 4) is 17.6 Å². The number of H-pyrrole nitrogens is 1. The Kier molecular flexibility index (Phi) is 7.54. The van der Waals surface area contributed by atoms with E-state index in [-0.39, 0.29) is 0 Å². The van der Waals surface area contributed by atoms with Crippen LogP contribution in [0.1, 0.15) is 67.7 Å². The van der Waals surface area contributed by atoms with E-state index in [0.717, 1.165) is 40.0 Å². The summed E-state index contributed by atoms with van der Waals surface area (Å²) in [5.41, 5.74) is 3.31. The third-order valence-electron chi connectivity index (χ3n) is 5.72. The smallest absolute Gasteiger partial charge is 0.142 e. The van der Waals surface area contributed by atoms with Crippen molar-refractivity contribution in [2.75, 3.05) is 19.5 Å². The highest BCUT2D eigenvalue weighted by Crippen LogP contribution is 2.34. The number of pyridine rings is 1. The Morgan fingerprint density at radius 1 is 1.14 bits per heavy atom. The number of rotatable bonds is 6. The van der Waals surface area contributed by atoms with E-state index in [1.807, 2.05) is 24.4 Å². The fourth-order valence-corrected chi connectivity index (χ4v) is 4.45. The molecule has 0 radical (unpaired) electrons. The van der Waals surface area contributed by atoms with Crippen molar-refractivity contribution in [1.29, 1.82) is 5.26 Å². The molecule has 0 unspecified atom stereocenters. The lowest BCUT2D eigenvalue weighted by atomic mass is 9.86. The van der Waals surface area contributed by atoms with Crippen LogP contribution in [-0.2, 0) is 6.54 Å². The van der Waals surface area contributed by atoms with E-state index in [9.17, 15) is 5.26 Å². The first-order chi connectivity index (χ1) is 14.2. The van der Waals surface area contributed by atoms with E-state index < -0.39 is 0 Å². The van der Waals surface area contributed by atoms with Gasteiger partial charge >= 0.3 is 0 Å². The summed E-state index contributed by atoms with van der Waals surface area (Å²) in [5.74, 6) is 1.94. The van der Waals surface area contributed by atoms with Gasteiger partial charge in [-0.1, -0.05) is 44.3 Å². The molecule has 1 heterocycles. The van der Waals surface area contributed by atoms with Crippen molar-refractivity contribution in [2.24, 2.45) is 0 Å². The van der Waals surface area contributed by atoms with Crippen LogP contribution < -0.4 is 14.8 Å². The predicted octanol–water partition coefficient (Wildman–Crippen LogP) is 6.07. The number of hydrogen-bond acceptors (Lipinski definition) is 5. The average molecular weight is 412 g/mol. The maximum Gasteiger partial charge on any atom is 0.142 e. The number of benzene rings is 1. The summed E-state index contributed by atoms with van der Waals surface area (Å²) in [7, 11) is 3.27. The fraction of sp³-hybridized carbons (Fsp3) is 0.478. The van der Waals surface area contributed by atoms with E-state index in [1.165, 1.54) is 32.1 Å². The van der Waals surface area contributed by atoms with Gasteiger partial charge in [-0.05, 0) is 36.5 Å². The van der Waals surface area contributed by atoms with E-state index in [1.54, 1.807) is 14.2 Å². The number of nitriles is 1. The van der Waals surface area contributed by atoms with Crippen LogP contribution in [0, 0.1) is 15.8 Å². The van der Waals surface area contributed by atoms with Crippen molar-refractivity contribution >= 4 is 17.9 Å². The van der Waals surface area contributed by atoms with Crippen LogP contribution in [0.5, 0.6) is 11.5 Å². The van der Waals surface area contributed by atoms with Crippen molar-refractivity contribution in [3.63, 3.8) is 0 Å². The van der Waals surface area contributed by atoms with Crippen molar-refractivity contribution in [1.82, 2.24) is 4.98 Å². The van der Waals surface area contributed by atoms with Gasteiger partial charge in [0, 0.05) is 24.4 Å². The van der Waals surface area contributed by atoms with Gasteiger partial charge in [-0.2, -0.15) is 5.26 Å². The summed E-state index contributed by atoms with van der Waals surface area (Å²) in [6.07, 6.45) is 10.7. The third-order valence-corrected chi connectivity index (χ3v) is 6.16. The van der Waals surface area contributed by atoms with Crippen LogP contribution in [0.3, 0.4) is 0 Å². The number of nitrogens with zero attached hydrogens (tertiary/aromatic N) is 1. The molecule has 0 bridgehead atoms. The SMILES string of the molecule is COc1ccc(CNc2c(C#N)[nH]cc(C3CCCCCCC3)c2=S)c(OC)c1. The molecule has 1 aromatic carbocycles. The second-order valence-corrected chi connectivity index (χ2v) is 7.92. The Hall–Kier alpha value is -2.52. The lowest BCUT2D eigenvalue weighted by Crippen LogP contribution is -2.09. The van der Waals surface area contributed by atoms with E-state index in [0.29, 0.717) is 23.8 Å². The molecule has 0 amide bonds. The second-order valence-electron chi connectivity index (χ2n) is 7.51. The standard InChI is InChI=1S/C23H29N3O2S/c1-27-18-11-10-17(21(12-18)28-2)14-26-22-20(13-24)25-15-19(23(22)29)16-8-6-4-3-5-7-9-16/h10-12,15-16,26H,3-9,14H2,1-2H3,(H,25,29). The maximum atomic E-state index is 9.58. The number of ether oxygens (including phenoxy) is 2. The largest absolute Gasteiger partial charge is 0.497 e. The molecule has 154 valence electrons. The van der Waals surface area contributed by atoms with Gasteiger partial charge in [-0.15, -0.1) is 0 Å². The first-order valence-electron chi connectivity index (χ1n) is 10.3. The zero-order valence-electron chi connectivity index (χ0n) is 17.2. The Bertz CT molecular complexity index is 925. The van der Waals surface area contributed by atoms with E-state index in [2.05, 4.69) is 16.4 Å². The number of anilines is 1. The molecule has 29 heavy (non-hydrogen) atoms. The van der Waals surface area contributed by atoms with Crippen LogP contribution in [-0.4, -0.2) is 19.2 Å². The van der Waals surface area contributed by atoms with Crippen LogP contribution in [0.15, 0.2) is 24.4 Å². The highest BCUT2D eigenvalue weighted by Gasteiger charge is 2.18. The molecule has 5 nitrogen and oxygen atoms in total. The molecule has 2 aromatic rings. The molecule has 1 aromatic heterocycles. The first kappa shape index (κ1) is 21.2. The summed E-state index contributed by atoms with van der Waals surface area (Å²) < 4.78 is 11.5. The molecule has 3 rings (SSSR count). The van der Waals surface area contributed by atoms with Crippen LogP contribution in [0.4, 0.5) is 5.69 Å². The van der Waals surface area contributed by atoms with Crippen LogP contribution in [0.2, 0.25) is 0 Å². The summed E-state index contributed by atoms with van der Waals surface area (Å²) >= 11 is 5.84. The zero-order chi connectivity index (χ0) is 20.6. The molecular formula is C23H29N3O2S. The fourth-order valence-electron chi connectivity index (χ4n) is 4.05. The lowest BCUT2D eigenvalue weighted by molar-refractivity contribution is 0.391. The summed E-state index contributed by atoms with van der Waals surface area (Å²) in [4.78, 5) is 3.17. The summed E-state index contributed by atoms with van der Waals surface area (Å²) in [6, 6.07) is 7.95. The number of nitrogens with one attached hydrogen (secondary N) is 2. The molecule has 1 saturated carbocycles. The van der Waals surface area contributed by atoms with Crippen LogP contribution >= 0.6 is 12.2 Å². The normalized spacial score (nSPS) is 15.1. The van der Waals surface area contributed by atoms with Gasteiger partial charge in [-0.3, -0.25) is 0 Å². The number of hydrogen-bond donors (Lipinski definition) is 2. The third kappa shape index (κ3) is 5.10. The van der Waals surface area contributed by atoms with Crippen molar-refractivity contribution in [2.45, 2.75) is 57.4 Å². The quantitative estimate of drug-likeness (QED) is 0.564. The topological polar surface area (TPSA) is 70.1 Å². The molecule has 0 atom stereocenters. The molecule has 0 aliphatic heterocycles. The van der Waals surface area contributed by atoms with Gasteiger partial charge in [0.15, 0.2) is 0 Å². The van der Waals surface area contributed by atoms with Gasteiger partial charge < -0.3 is 19.8 Å². The number of aromatic amines is 1. The molecule has 1 fully saturated rings. The molecule has 1 aliphatic carbocycles. The predicted molar refractivity (Wildman–Crippen MR) is 118 cm³/mol. The zero-order valence-corrected chi connectivity index (χ0v) is 18.0. The summed E-state index contributed by atoms with van der Waals surface area (Å²) in [5, 5.41) is 13.0. The summed E-state index contributed by atoms with van der Waals surface area (Å²) in [6.45, 7) is 0.507. The molecule has 1 aliphatic rings. The monoisotopic (exact) mass is 411 g/mol. The van der Waals surface area contributed by atoms with Gasteiger partial charge in [-0.25, -0.2) is 0 Å². The van der Waals surface area contributed by atoms with Gasteiger partial charge in [0.2, 0.25) is 0 Å². The van der Waals surface area contributed by atoms with Gasteiger partial charge in [0.1, 0.15) is 23.3 Å². The minimum absolute atomic E-state index is 0.461. The maximum absolute atomic E-state index is 9.58. The van der Waals surface area contributed by atoms with Gasteiger partial charge in [0.25, 0.3) is 0 Å². The minimum atomic E-state index is 0.461. The highest BCUT2D eigenvalue weighted by atomic mass is 32.1. The first-order valence-corrected chi connectivity index (χ1v) is 10.7. The van der Waals surface area contributed by atoms with Crippen molar-refractivity contribution < 1.29 is 9.47 Å². The molecule has 6 heteroatoms. The molecule has 0 saturated heterocycles. The second kappa shape index (κ2) is 10.3. The highest BCUT2D eigenvalue weighted by molar-refractivity contribution is 7.71. The van der Waals surface area contributed by atoms with Crippen molar-refractivity contribution in [3.05, 3.63) is 45.7 Å². The molecule has 0 spiro atoms. The molecular weight excluding hydrogens is 382 g/mol.